The van der Waals surface area contributed by atoms with Crippen molar-refractivity contribution in [2.45, 2.75) is 6.92 Å². The van der Waals surface area contributed by atoms with Crippen LogP contribution in [0.5, 0.6) is 0 Å². The van der Waals surface area contributed by atoms with E-state index in [1.54, 1.807) is 6.92 Å². The molecule has 0 aliphatic carbocycles. The van der Waals surface area contributed by atoms with Crippen molar-refractivity contribution in [3.05, 3.63) is 22.1 Å². The van der Waals surface area contributed by atoms with Crippen LogP contribution in [0.2, 0.25) is 0 Å². The molecular weight excluding hydrogens is 232 g/mol. The van der Waals surface area contributed by atoms with Gasteiger partial charge in [-0.1, -0.05) is 0 Å². The Hall–Kier alpha value is -1.89. The maximum Gasteiger partial charge on any atom is 0.252 e. The second kappa shape index (κ2) is 5.18. The minimum atomic E-state index is -0.215. The molecule has 18 heavy (non-hydrogen) atoms. The third kappa shape index (κ3) is 3.07. The number of piperazine rings is 1. The number of guanidine groups is 1. The van der Waals surface area contributed by atoms with Gasteiger partial charge in [-0.25, -0.2) is 4.98 Å². The topological polar surface area (TPSA) is 90.6 Å². The summed E-state index contributed by atoms with van der Waals surface area (Å²) in [5, 5.41) is 0. The fraction of sp³-hybridized carbons (Fsp3) is 0.545. The number of aromatic amines is 1. The van der Waals surface area contributed by atoms with Crippen molar-refractivity contribution in [3.63, 3.8) is 0 Å². The van der Waals surface area contributed by atoms with Crippen molar-refractivity contribution in [1.82, 2.24) is 19.8 Å². The van der Waals surface area contributed by atoms with E-state index in [0.29, 0.717) is 11.7 Å². The molecule has 0 aromatic carbocycles. The Morgan fingerprint density at radius 1 is 1.44 bits per heavy atom. The van der Waals surface area contributed by atoms with Crippen LogP contribution in [0.15, 0.2) is 15.9 Å². The molecule has 0 unspecified atom stereocenters. The highest BCUT2D eigenvalue weighted by Crippen LogP contribution is 2.04. The summed E-state index contributed by atoms with van der Waals surface area (Å²) in [7, 11) is 2.07. The molecule has 1 aliphatic rings. The van der Waals surface area contributed by atoms with E-state index in [4.69, 9.17) is 5.73 Å². The molecule has 0 spiro atoms. The monoisotopic (exact) mass is 250 g/mol. The number of rotatable bonds is 1. The van der Waals surface area contributed by atoms with E-state index in [-0.39, 0.29) is 11.5 Å². The fourth-order valence-corrected chi connectivity index (χ4v) is 1.83. The first kappa shape index (κ1) is 12.6. The summed E-state index contributed by atoms with van der Waals surface area (Å²) < 4.78 is 0. The normalized spacial score (nSPS) is 18.1. The van der Waals surface area contributed by atoms with E-state index >= 15 is 0 Å². The number of nitrogens with two attached hydrogens (primary N) is 1. The smallest absolute Gasteiger partial charge is 0.252 e. The summed E-state index contributed by atoms with van der Waals surface area (Å²) in [5.41, 5.74) is 6.33. The summed E-state index contributed by atoms with van der Waals surface area (Å²) in [5.74, 6) is 0.660. The van der Waals surface area contributed by atoms with Gasteiger partial charge in [0, 0.05) is 37.9 Å². The predicted octanol–water partition coefficient (Wildman–Crippen LogP) is -0.728. The van der Waals surface area contributed by atoms with Crippen molar-refractivity contribution in [2.75, 3.05) is 33.2 Å². The van der Waals surface area contributed by atoms with Crippen LogP contribution < -0.4 is 11.3 Å². The number of hydrogen-bond acceptors (Lipinski definition) is 4. The minimum Gasteiger partial charge on any atom is -0.369 e. The molecule has 0 atom stereocenters. The molecule has 1 saturated heterocycles. The van der Waals surface area contributed by atoms with Crippen LogP contribution in [-0.2, 0) is 0 Å². The van der Waals surface area contributed by atoms with Gasteiger partial charge in [-0.2, -0.15) is 4.99 Å². The van der Waals surface area contributed by atoms with E-state index in [1.807, 2.05) is 4.90 Å². The zero-order valence-electron chi connectivity index (χ0n) is 10.7. The lowest BCUT2D eigenvalue weighted by molar-refractivity contribution is 0.214. The molecule has 3 N–H and O–H groups in total. The Morgan fingerprint density at radius 2 is 2.11 bits per heavy atom. The summed E-state index contributed by atoms with van der Waals surface area (Å²) in [4.78, 5) is 26.4. The summed E-state index contributed by atoms with van der Waals surface area (Å²) in [6.07, 6.45) is 0. The van der Waals surface area contributed by atoms with Gasteiger partial charge in [0.05, 0.1) is 0 Å². The SMILES string of the molecule is Cc1cc(=O)[nH]c(N=C(N)N2CCN(C)CC2)n1. The van der Waals surface area contributed by atoms with Crippen LogP contribution >= 0.6 is 0 Å². The molecule has 1 aromatic heterocycles. The minimum absolute atomic E-state index is 0.215. The molecule has 7 heteroatoms. The lowest BCUT2D eigenvalue weighted by Gasteiger charge is -2.32. The third-order valence-electron chi connectivity index (χ3n) is 2.90. The summed E-state index contributed by atoms with van der Waals surface area (Å²) in [6, 6.07) is 1.42. The molecule has 0 bridgehead atoms. The quantitative estimate of drug-likeness (QED) is 0.506. The van der Waals surface area contributed by atoms with Gasteiger partial charge in [0.1, 0.15) is 0 Å². The van der Waals surface area contributed by atoms with Crippen LogP contribution in [0.25, 0.3) is 0 Å². The van der Waals surface area contributed by atoms with Crippen LogP contribution in [0, 0.1) is 6.92 Å². The van der Waals surface area contributed by atoms with E-state index in [0.717, 1.165) is 26.2 Å². The third-order valence-corrected chi connectivity index (χ3v) is 2.90. The average molecular weight is 250 g/mol. The number of aliphatic imine (C=N–C) groups is 1. The van der Waals surface area contributed by atoms with Gasteiger partial charge in [-0.3, -0.25) is 9.78 Å². The molecule has 1 fully saturated rings. The van der Waals surface area contributed by atoms with Crippen molar-refractivity contribution in [3.8, 4) is 0 Å². The molecule has 98 valence electrons. The molecule has 0 amide bonds. The standard InChI is InChI=1S/C11H18N6O/c1-8-7-9(18)14-11(13-8)15-10(12)17-5-3-16(2)4-6-17/h7H,3-6H2,1-2H3,(H3,12,13,14,15,18). The number of hydrogen-bond donors (Lipinski definition) is 2. The van der Waals surface area contributed by atoms with Crippen molar-refractivity contribution >= 4 is 11.9 Å². The van der Waals surface area contributed by atoms with Crippen LogP contribution in [0.1, 0.15) is 5.69 Å². The Kier molecular flexibility index (Phi) is 3.61. The Labute approximate surface area is 105 Å². The van der Waals surface area contributed by atoms with Gasteiger partial charge in [-0.15, -0.1) is 0 Å². The average Bonchev–Trinajstić information content (AvgIpc) is 2.28. The van der Waals surface area contributed by atoms with E-state index < -0.39 is 0 Å². The Morgan fingerprint density at radius 3 is 2.72 bits per heavy atom. The zero-order chi connectivity index (χ0) is 13.1. The Bertz CT molecular complexity index is 501. The van der Waals surface area contributed by atoms with Crippen LogP contribution in [-0.4, -0.2) is 59.0 Å². The zero-order valence-corrected chi connectivity index (χ0v) is 10.7. The number of nitrogens with zero attached hydrogens (tertiary/aromatic N) is 4. The molecule has 2 heterocycles. The van der Waals surface area contributed by atoms with Crippen molar-refractivity contribution in [1.29, 1.82) is 0 Å². The van der Waals surface area contributed by atoms with Gasteiger partial charge in [0.15, 0.2) is 5.96 Å². The van der Waals surface area contributed by atoms with E-state index in [2.05, 4.69) is 26.9 Å². The van der Waals surface area contributed by atoms with Gasteiger partial charge < -0.3 is 15.5 Å². The van der Waals surface area contributed by atoms with Gasteiger partial charge >= 0.3 is 0 Å². The molecular formula is C11H18N6O. The lowest BCUT2D eigenvalue weighted by atomic mass is 10.3. The fourth-order valence-electron chi connectivity index (χ4n) is 1.83. The molecule has 0 saturated carbocycles. The molecule has 1 aromatic rings. The van der Waals surface area contributed by atoms with Gasteiger partial charge in [0.2, 0.25) is 5.95 Å². The maximum atomic E-state index is 11.3. The number of likely N-dealkylation sites (N-methyl/N-ethyl adjacent to an activating group) is 1. The number of aryl methyl sites for hydroxylation is 1. The largest absolute Gasteiger partial charge is 0.369 e. The highest BCUT2D eigenvalue weighted by Gasteiger charge is 2.15. The maximum absolute atomic E-state index is 11.3. The first-order valence-corrected chi connectivity index (χ1v) is 5.90. The van der Waals surface area contributed by atoms with Gasteiger partial charge in [-0.05, 0) is 14.0 Å². The lowest BCUT2D eigenvalue weighted by Crippen LogP contribution is -2.49. The predicted molar refractivity (Wildman–Crippen MR) is 69.9 cm³/mol. The second-order valence-electron chi connectivity index (χ2n) is 4.47. The summed E-state index contributed by atoms with van der Waals surface area (Å²) >= 11 is 0. The van der Waals surface area contributed by atoms with E-state index in [9.17, 15) is 4.79 Å². The molecule has 7 nitrogen and oxygen atoms in total. The van der Waals surface area contributed by atoms with Crippen molar-refractivity contribution < 1.29 is 0 Å². The first-order valence-electron chi connectivity index (χ1n) is 5.90. The van der Waals surface area contributed by atoms with Crippen molar-refractivity contribution in [2.24, 2.45) is 10.7 Å². The highest BCUT2D eigenvalue weighted by atomic mass is 16.1. The second-order valence-corrected chi connectivity index (χ2v) is 4.47. The highest BCUT2D eigenvalue weighted by molar-refractivity contribution is 5.80. The van der Waals surface area contributed by atoms with Gasteiger partial charge in [0.25, 0.3) is 5.56 Å². The Balaban J connectivity index is 2.14. The number of aromatic nitrogens is 2. The molecule has 2 rings (SSSR count). The van der Waals surface area contributed by atoms with Crippen LogP contribution in [0.3, 0.4) is 0 Å². The summed E-state index contributed by atoms with van der Waals surface area (Å²) in [6.45, 7) is 5.33. The van der Waals surface area contributed by atoms with E-state index in [1.165, 1.54) is 6.07 Å². The molecule has 0 radical (unpaired) electrons. The first-order chi connectivity index (χ1) is 8.54. The molecule has 1 aliphatic heterocycles. The number of nitrogens with one attached hydrogen (secondary N) is 1. The van der Waals surface area contributed by atoms with Crippen LogP contribution in [0.4, 0.5) is 5.95 Å². The number of H-pyrrole nitrogens is 1.